The van der Waals surface area contributed by atoms with E-state index in [1.807, 2.05) is 4.68 Å². The van der Waals surface area contributed by atoms with Crippen LogP contribution in [-0.4, -0.2) is 15.0 Å². The lowest BCUT2D eigenvalue weighted by molar-refractivity contribution is 0.354. The van der Waals surface area contributed by atoms with Crippen LogP contribution in [0.5, 0.6) is 0 Å². The first-order chi connectivity index (χ1) is 7.51. The molecule has 0 aliphatic heterocycles. The van der Waals surface area contributed by atoms with E-state index in [0.717, 1.165) is 18.7 Å². The zero-order chi connectivity index (χ0) is 12.0. The molecule has 0 radical (unpaired) electrons. The fourth-order valence-corrected chi connectivity index (χ4v) is 1.72. The first-order valence-corrected chi connectivity index (χ1v) is 6.40. The minimum absolute atomic E-state index is 0.475. The first-order valence-electron chi connectivity index (χ1n) is 6.40. The van der Waals surface area contributed by atoms with E-state index in [0.29, 0.717) is 5.41 Å². The van der Waals surface area contributed by atoms with Crippen molar-refractivity contribution in [2.24, 2.45) is 5.41 Å². The average molecular weight is 223 g/mol. The van der Waals surface area contributed by atoms with Crippen LogP contribution in [0.15, 0.2) is 6.20 Å². The molecular formula is C13H25N3. The standard InChI is InChI=1S/C13H25N3/c1-5-12-11-16(15-14-12)10-8-6-7-9-13(2,3)4/h11H,5-10H2,1-4H3. The molecule has 0 bridgehead atoms. The number of hydrogen-bond acceptors (Lipinski definition) is 2. The largest absolute Gasteiger partial charge is 0.252 e. The number of hydrogen-bond donors (Lipinski definition) is 0. The lowest BCUT2D eigenvalue weighted by Gasteiger charge is -2.17. The normalized spacial score (nSPS) is 12.0. The van der Waals surface area contributed by atoms with Crippen molar-refractivity contribution in [2.75, 3.05) is 0 Å². The molecule has 3 heteroatoms. The Morgan fingerprint density at radius 2 is 1.94 bits per heavy atom. The van der Waals surface area contributed by atoms with Crippen LogP contribution in [0.25, 0.3) is 0 Å². The fourth-order valence-electron chi connectivity index (χ4n) is 1.72. The van der Waals surface area contributed by atoms with Crippen LogP contribution < -0.4 is 0 Å². The van der Waals surface area contributed by atoms with Gasteiger partial charge >= 0.3 is 0 Å². The second kappa shape index (κ2) is 6.02. The van der Waals surface area contributed by atoms with Gasteiger partial charge in [-0.05, 0) is 24.7 Å². The Kier molecular flexibility index (Phi) is 4.97. The smallest absolute Gasteiger partial charge is 0.0824 e. The molecule has 0 aliphatic carbocycles. The highest BCUT2D eigenvalue weighted by atomic mass is 15.4. The second-order valence-electron chi connectivity index (χ2n) is 5.70. The second-order valence-corrected chi connectivity index (χ2v) is 5.70. The lowest BCUT2D eigenvalue weighted by atomic mass is 9.89. The predicted molar refractivity (Wildman–Crippen MR) is 67.3 cm³/mol. The third kappa shape index (κ3) is 5.29. The summed E-state index contributed by atoms with van der Waals surface area (Å²) < 4.78 is 1.97. The summed E-state index contributed by atoms with van der Waals surface area (Å²) in [6, 6.07) is 0. The van der Waals surface area contributed by atoms with E-state index in [-0.39, 0.29) is 0 Å². The molecule has 0 aromatic carbocycles. The van der Waals surface area contributed by atoms with Crippen molar-refractivity contribution in [2.45, 2.75) is 66.3 Å². The molecule has 0 atom stereocenters. The van der Waals surface area contributed by atoms with Gasteiger partial charge in [-0.3, -0.25) is 4.68 Å². The average Bonchev–Trinajstić information content (AvgIpc) is 2.63. The highest BCUT2D eigenvalue weighted by Gasteiger charge is 2.08. The predicted octanol–water partition coefficient (Wildman–Crippen LogP) is 3.45. The summed E-state index contributed by atoms with van der Waals surface area (Å²) >= 11 is 0. The number of aryl methyl sites for hydroxylation is 2. The van der Waals surface area contributed by atoms with Gasteiger partial charge < -0.3 is 0 Å². The summed E-state index contributed by atoms with van der Waals surface area (Å²) in [6.07, 6.45) is 8.17. The van der Waals surface area contributed by atoms with E-state index in [4.69, 9.17) is 0 Å². The molecule has 1 aromatic heterocycles. The van der Waals surface area contributed by atoms with Gasteiger partial charge in [0.05, 0.1) is 5.69 Å². The number of unbranched alkanes of at least 4 members (excludes halogenated alkanes) is 2. The van der Waals surface area contributed by atoms with E-state index >= 15 is 0 Å². The fraction of sp³-hybridized carbons (Fsp3) is 0.846. The molecule has 0 fully saturated rings. The summed E-state index contributed by atoms with van der Waals surface area (Å²) in [5, 5.41) is 8.19. The van der Waals surface area contributed by atoms with Crippen LogP contribution in [0.2, 0.25) is 0 Å². The molecule has 0 N–H and O–H groups in total. The lowest BCUT2D eigenvalue weighted by Crippen LogP contribution is -2.05. The topological polar surface area (TPSA) is 30.7 Å². The minimum Gasteiger partial charge on any atom is -0.252 e. The highest BCUT2D eigenvalue weighted by molar-refractivity contribution is 4.90. The molecule has 1 rings (SSSR count). The third-order valence-corrected chi connectivity index (χ3v) is 2.76. The Morgan fingerprint density at radius 3 is 2.50 bits per heavy atom. The molecule has 16 heavy (non-hydrogen) atoms. The van der Waals surface area contributed by atoms with Gasteiger partial charge in [0, 0.05) is 12.7 Å². The number of nitrogens with zero attached hydrogens (tertiary/aromatic N) is 3. The Hall–Kier alpha value is -0.860. The zero-order valence-electron chi connectivity index (χ0n) is 11.2. The van der Waals surface area contributed by atoms with Gasteiger partial charge in [-0.25, -0.2) is 0 Å². The first kappa shape index (κ1) is 13.2. The molecule has 3 nitrogen and oxygen atoms in total. The number of rotatable bonds is 6. The summed E-state index contributed by atoms with van der Waals surface area (Å²) in [4.78, 5) is 0. The maximum absolute atomic E-state index is 4.10. The van der Waals surface area contributed by atoms with E-state index in [1.54, 1.807) is 0 Å². The van der Waals surface area contributed by atoms with Crippen molar-refractivity contribution in [1.82, 2.24) is 15.0 Å². The maximum atomic E-state index is 4.10. The Labute approximate surface area is 99.2 Å². The van der Waals surface area contributed by atoms with Crippen LogP contribution in [0.3, 0.4) is 0 Å². The van der Waals surface area contributed by atoms with Crippen molar-refractivity contribution in [3.63, 3.8) is 0 Å². The monoisotopic (exact) mass is 223 g/mol. The van der Waals surface area contributed by atoms with Gasteiger partial charge in [0.15, 0.2) is 0 Å². The maximum Gasteiger partial charge on any atom is 0.0824 e. The number of aromatic nitrogens is 3. The van der Waals surface area contributed by atoms with Gasteiger partial charge in [0.25, 0.3) is 0 Å². The van der Waals surface area contributed by atoms with E-state index in [1.165, 1.54) is 25.7 Å². The highest BCUT2D eigenvalue weighted by Crippen LogP contribution is 2.21. The van der Waals surface area contributed by atoms with Crippen molar-refractivity contribution < 1.29 is 0 Å². The summed E-state index contributed by atoms with van der Waals surface area (Å²) in [6.45, 7) is 10.0. The minimum atomic E-state index is 0.475. The molecule has 1 heterocycles. The molecular weight excluding hydrogens is 198 g/mol. The summed E-state index contributed by atoms with van der Waals surface area (Å²) in [7, 11) is 0. The molecule has 0 saturated heterocycles. The molecule has 92 valence electrons. The zero-order valence-corrected chi connectivity index (χ0v) is 11.2. The van der Waals surface area contributed by atoms with Crippen LogP contribution in [0, 0.1) is 5.41 Å². The van der Waals surface area contributed by atoms with Gasteiger partial charge in [-0.2, -0.15) is 0 Å². The molecule has 0 aliphatic rings. The van der Waals surface area contributed by atoms with Crippen LogP contribution in [0.4, 0.5) is 0 Å². The van der Waals surface area contributed by atoms with E-state index in [2.05, 4.69) is 44.2 Å². The van der Waals surface area contributed by atoms with Crippen molar-refractivity contribution in [3.05, 3.63) is 11.9 Å². The van der Waals surface area contributed by atoms with Gasteiger partial charge in [0.1, 0.15) is 0 Å². The Morgan fingerprint density at radius 1 is 1.19 bits per heavy atom. The van der Waals surface area contributed by atoms with Gasteiger partial charge in [-0.1, -0.05) is 45.7 Å². The van der Waals surface area contributed by atoms with Crippen LogP contribution in [0.1, 0.15) is 59.1 Å². The molecule has 0 spiro atoms. The molecule has 1 aromatic rings. The van der Waals surface area contributed by atoms with Crippen LogP contribution >= 0.6 is 0 Å². The van der Waals surface area contributed by atoms with Crippen molar-refractivity contribution >= 4 is 0 Å². The molecule has 0 saturated carbocycles. The summed E-state index contributed by atoms with van der Waals surface area (Å²) in [5.74, 6) is 0. The molecule has 0 unspecified atom stereocenters. The quantitative estimate of drug-likeness (QED) is 0.692. The van der Waals surface area contributed by atoms with E-state index < -0.39 is 0 Å². The Bertz CT molecular complexity index is 296. The Balaban J connectivity index is 2.11. The molecule has 0 amide bonds. The van der Waals surface area contributed by atoms with Gasteiger partial charge in [0.2, 0.25) is 0 Å². The van der Waals surface area contributed by atoms with Crippen molar-refractivity contribution in [3.8, 4) is 0 Å². The third-order valence-electron chi connectivity index (χ3n) is 2.76. The summed E-state index contributed by atoms with van der Waals surface area (Å²) in [5.41, 5.74) is 1.57. The van der Waals surface area contributed by atoms with E-state index in [9.17, 15) is 0 Å². The van der Waals surface area contributed by atoms with Gasteiger partial charge in [-0.15, -0.1) is 5.10 Å². The van der Waals surface area contributed by atoms with Crippen molar-refractivity contribution in [1.29, 1.82) is 0 Å². The SMILES string of the molecule is CCc1cn(CCCCCC(C)(C)C)nn1. The van der Waals surface area contributed by atoms with Crippen LogP contribution in [-0.2, 0) is 13.0 Å².